The van der Waals surface area contributed by atoms with Crippen LogP contribution in [0.25, 0.3) is 0 Å². The number of nitrogens with zero attached hydrogens (tertiary/aromatic N) is 1. The van der Waals surface area contributed by atoms with Crippen LogP contribution in [0, 0.1) is 23.2 Å². The van der Waals surface area contributed by atoms with E-state index in [1.807, 2.05) is 24.3 Å². The average molecular weight is 413 g/mol. The second-order valence-electron chi connectivity index (χ2n) is 10.1. The first-order chi connectivity index (χ1) is 14.5. The first-order valence-electron chi connectivity index (χ1n) is 11.4. The van der Waals surface area contributed by atoms with Crippen molar-refractivity contribution in [3.8, 4) is 11.5 Å². The highest BCUT2D eigenvalue weighted by Gasteiger charge is 2.51. The van der Waals surface area contributed by atoms with Crippen LogP contribution in [0.4, 0.5) is 0 Å². The van der Waals surface area contributed by atoms with E-state index in [0.29, 0.717) is 25.3 Å². The summed E-state index contributed by atoms with van der Waals surface area (Å²) in [7, 11) is 1.75. The summed E-state index contributed by atoms with van der Waals surface area (Å²) in [6, 6.07) is 7.55. The van der Waals surface area contributed by atoms with E-state index in [1.54, 1.807) is 11.9 Å². The van der Waals surface area contributed by atoms with Gasteiger partial charge in [-0.3, -0.25) is 9.59 Å². The Bertz CT molecular complexity index is 788. The van der Waals surface area contributed by atoms with Crippen molar-refractivity contribution < 1.29 is 19.1 Å². The summed E-state index contributed by atoms with van der Waals surface area (Å²) in [5.41, 5.74) is 0.203. The monoisotopic (exact) mass is 412 g/mol. The van der Waals surface area contributed by atoms with Gasteiger partial charge in [0, 0.05) is 13.5 Å². The standard InChI is InChI=1S/C24H32N2O4/c1-26(14-19-15-29-20-4-2-3-5-21(20)30-19)23(28)13-25-22(27)12-24-9-16-6-17(10-24)8-18(7-16)11-24/h2-5,16-19H,6-15H2,1H3,(H,25,27). The van der Waals surface area contributed by atoms with Crippen LogP contribution in [0.3, 0.4) is 0 Å². The van der Waals surface area contributed by atoms with E-state index < -0.39 is 0 Å². The Kier molecular flexibility index (Phi) is 5.11. The molecule has 0 radical (unpaired) electrons. The summed E-state index contributed by atoms with van der Waals surface area (Å²) >= 11 is 0. The maximum absolute atomic E-state index is 12.7. The number of ether oxygens (including phenoxy) is 2. The number of carbonyl (C=O) groups is 2. The van der Waals surface area contributed by atoms with Crippen LogP contribution in [-0.2, 0) is 9.59 Å². The second kappa shape index (κ2) is 7.78. The Hall–Kier alpha value is -2.24. The van der Waals surface area contributed by atoms with E-state index in [1.165, 1.54) is 38.5 Å². The lowest BCUT2D eigenvalue weighted by atomic mass is 9.49. The fourth-order valence-electron chi connectivity index (χ4n) is 6.78. The maximum Gasteiger partial charge on any atom is 0.241 e. The molecule has 1 N–H and O–H groups in total. The van der Waals surface area contributed by atoms with Crippen LogP contribution in [0.5, 0.6) is 11.5 Å². The highest BCUT2D eigenvalue weighted by atomic mass is 16.6. The minimum absolute atomic E-state index is 0.0323. The third-order valence-corrected chi connectivity index (χ3v) is 7.61. The van der Waals surface area contributed by atoms with E-state index in [2.05, 4.69) is 5.32 Å². The minimum atomic E-state index is -0.212. The molecule has 6 nitrogen and oxygen atoms in total. The van der Waals surface area contributed by atoms with E-state index in [0.717, 1.165) is 23.5 Å². The first-order valence-corrected chi connectivity index (χ1v) is 11.4. The van der Waals surface area contributed by atoms with Gasteiger partial charge in [-0.25, -0.2) is 0 Å². The zero-order valence-electron chi connectivity index (χ0n) is 17.8. The third-order valence-electron chi connectivity index (χ3n) is 7.61. The number of hydrogen-bond acceptors (Lipinski definition) is 4. The Morgan fingerprint density at radius 3 is 2.37 bits per heavy atom. The average Bonchev–Trinajstić information content (AvgIpc) is 2.70. The zero-order valence-corrected chi connectivity index (χ0v) is 17.8. The van der Waals surface area contributed by atoms with Gasteiger partial charge in [-0.05, 0) is 73.8 Å². The number of para-hydroxylation sites is 2. The number of nitrogens with one attached hydrogen (secondary N) is 1. The Balaban J connectivity index is 1.08. The van der Waals surface area contributed by atoms with Crippen molar-refractivity contribution in [2.75, 3.05) is 26.7 Å². The summed E-state index contributed by atoms with van der Waals surface area (Å²) in [6.07, 6.45) is 8.13. The van der Waals surface area contributed by atoms with Crippen molar-refractivity contribution in [2.24, 2.45) is 23.2 Å². The van der Waals surface area contributed by atoms with Gasteiger partial charge >= 0.3 is 0 Å². The number of carbonyl (C=O) groups excluding carboxylic acids is 2. The second-order valence-corrected chi connectivity index (χ2v) is 10.1. The summed E-state index contributed by atoms with van der Waals surface area (Å²) < 4.78 is 11.6. The topological polar surface area (TPSA) is 67.9 Å². The molecule has 30 heavy (non-hydrogen) atoms. The third kappa shape index (κ3) is 4.01. The van der Waals surface area contributed by atoms with Gasteiger partial charge in [-0.2, -0.15) is 0 Å². The van der Waals surface area contributed by atoms with Gasteiger partial charge < -0.3 is 19.7 Å². The van der Waals surface area contributed by atoms with Crippen molar-refractivity contribution in [3.05, 3.63) is 24.3 Å². The molecular weight excluding hydrogens is 380 g/mol. The Morgan fingerprint density at radius 1 is 1.07 bits per heavy atom. The van der Waals surface area contributed by atoms with Gasteiger partial charge in [0.05, 0.1) is 13.1 Å². The lowest BCUT2D eigenvalue weighted by molar-refractivity contribution is -0.135. The molecule has 2 amide bonds. The molecule has 1 heterocycles. The lowest BCUT2D eigenvalue weighted by Crippen LogP contribution is -2.49. The molecule has 0 spiro atoms. The zero-order chi connectivity index (χ0) is 20.7. The molecule has 4 saturated carbocycles. The Labute approximate surface area is 178 Å². The lowest BCUT2D eigenvalue weighted by Gasteiger charge is -2.56. The maximum atomic E-state index is 12.7. The molecule has 0 aromatic heterocycles. The summed E-state index contributed by atoms with van der Waals surface area (Å²) in [5, 5.41) is 2.89. The van der Waals surface area contributed by atoms with Gasteiger partial charge in [0.1, 0.15) is 6.61 Å². The smallest absolute Gasteiger partial charge is 0.241 e. The van der Waals surface area contributed by atoms with Crippen molar-refractivity contribution >= 4 is 11.8 Å². The highest BCUT2D eigenvalue weighted by molar-refractivity contribution is 5.85. The predicted octanol–water partition coefficient (Wildman–Crippen LogP) is 3.01. The Morgan fingerprint density at radius 2 is 1.70 bits per heavy atom. The fourth-order valence-corrected chi connectivity index (χ4v) is 6.78. The summed E-state index contributed by atoms with van der Waals surface area (Å²) in [6.45, 7) is 0.886. The molecule has 162 valence electrons. The number of hydrogen-bond donors (Lipinski definition) is 1. The van der Waals surface area contributed by atoms with Crippen molar-refractivity contribution in [1.29, 1.82) is 0 Å². The largest absolute Gasteiger partial charge is 0.486 e. The summed E-state index contributed by atoms with van der Waals surface area (Å²) in [4.78, 5) is 26.8. The van der Waals surface area contributed by atoms with E-state index in [-0.39, 0.29) is 29.9 Å². The summed E-state index contributed by atoms with van der Waals surface area (Å²) in [5.74, 6) is 3.87. The molecule has 0 saturated heterocycles. The molecule has 1 atom stereocenters. The van der Waals surface area contributed by atoms with Gasteiger partial charge in [0.2, 0.25) is 11.8 Å². The normalized spacial score (nSPS) is 33.2. The van der Waals surface area contributed by atoms with Crippen LogP contribution in [0.15, 0.2) is 24.3 Å². The molecule has 1 aromatic rings. The van der Waals surface area contributed by atoms with Crippen LogP contribution in [-0.4, -0.2) is 49.6 Å². The molecule has 1 aliphatic heterocycles. The fraction of sp³-hybridized carbons (Fsp3) is 0.667. The van der Waals surface area contributed by atoms with E-state index >= 15 is 0 Å². The number of amides is 2. The van der Waals surface area contributed by atoms with Gasteiger partial charge in [-0.15, -0.1) is 0 Å². The van der Waals surface area contributed by atoms with Crippen LogP contribution >= 0.6 is 0 Å². The molecular formula is C24H32N2O4. The molecule has 4 bridgehead atoms. The van der Waals surface area contributed by atoms with Crippen LogP contribution in [0.1, 0.15) is 44.9 Å². The molecule has 4 fully saturated rings. The van der Waals surface area contributed by atoms with E-state index in [4.69, 9.17) is 9.47 Å². The number of fused-ring (bicyclic) bond motifs is 1. The molecule has 6 heteroatoms. The molecule has 1 unspecified atom stereocenters. The molecule has 4 aliphatic carbocycles. The van der Waals surface area contributed by atoms with Gasteiger partial charge in [0.15, 0.2) is 17.6 Å². The van der Waals surface area contributed by atoms with Gasteiger partial charge in [-0.1, -0.05) is 12.1 Å². The number of rotatable bonds is 6. The predicted molar refractivity (Wildman–Crippen MR) is 112 cm³/mol. The van der Waals surface area contributed by atoms with Crippen LogP contribution < -0.4 is 14.8 Å². The number of likely N-dealkylation sites (N-methyl/N-ethyl adjacent to an activating group) is 1. The molecule has 6 rings (SSSR count). The molecule has 5 aliphatic rings. The van der Waals surface area contributed by atoms with Crippen LogP contribution in [0.2, 0.25) is 0 Å². The molecule has 1 aromatic carbocycles. The van der Waals surface area contributed by atoms with Gasteiger partial charge in [0.25, 0.3) is 0 Å². The number of benzene rings is 1. The van der Waals surface area contributed by atoms with E-state index in [9.17, 15) is 9.59 Å². The highest BCUT2D eigenvalue weighted by Crippen LogP contribution is 2.61. The first kappa shape index (κ1) is 19.7. The SMILES string of the molecule is CN(CC1COc2ccccc2O1)C(=O)CNC(=O)CC12CC3CC(CC(C3)C1)C2. The quantitative estimate of drug-likeness (QED) is 0.780. The van der Waals surface area contributed by atoms with Crippen molar-refractivity contribution in [2.45, 2.75) is 51.0 Å². The van der Waals surface area contributed by atoms with Crippen molar-refractivity contribution in [1.82, 2.24) is 10.2 Å². The van der Waals surface area contributed by atoms with Crippen molar-refractivity contribution in [3.63, 3.8) is 0 Å². The minimum Gasteiger partial charge on any atom is -0.486 e.